The summed E-state index contributed by atoms with van der Waals surface area (Å²) in [5, 5.41) is 18.8. The van der Waals surface area contributed by atoms with Gasteiger partial charge in [-0.25, -0.2) is 4.98 Å². The Labute approximate surface area is 201 Å². The summed E-state index contributed by atoms with van der Waals surface area (Å²) in [5.41, 5.74) is 6.66. The molecule has 170 valence electrons. The molecule has 4 aromatic rings. The highest BCUT2D eigenvalue weighted by molar-refractivity contribution is 9.09. The number of alkyl halides is 1. The molecule has 3 aromatic carbocycles. The van der Waals surface area contributed by atoms with Crippen LogP contribution in [0.1, 0.15) is 47.1 Å². The van der Waals surface area contributed by atoms with Crippen LogP contribution in [0.15, 0.2) is 66.7 Å². The van der Waals surface area contributed by atoms with Crippen LogP contribution in [0.25, 0.3) is 22.2 Å². The third kappa shape index (κ3) is 5.18. The van der Waals surface area contributed by atoms with Crippen LogP contribution < -0.4 is 0 Å². The Morgan fingerprint density at radius 2 is 1.79 bits per heavy atom. The van der Waals surface area contributed by atoms with E-state index in [2.05, 4.69) is 39.6 Å². The normalized spacial score (nSPS) is 12.2. The molecule has 1 aromatic heterocycles. The molecule has 5 nitrogen and oxygen atoms in total. The zero-order chi connectivity index (χ0) is 23.4. The van der Waals surface area contributed by atoms with E-state index < -0.39 is 5.97 Å². The molecule has 4 rings (SSSR count). The molecule has 0 saturated heterocycles. The minimum absolute atomic E-state index is 0.000428. The Morgan fingerprint density at radius 3 is 2.48 bits per heavy atom. The van der Waals surface area contributed by atoms with Gasteiger partial charge in [0.1, 0.15) is 5.82 Å². The van der Waals surface area contributed by atoms with E-state index in [1.54, 1.807) is 0 Å². The van der Waals surface area contributed by atoms with Crippen molar-refractivity contribution in [2.45, 2.75) is 44.2 Å². The number of aliphatic hydroxyl groups excluding tert-OH is 1. The predicted molar refractivity (Wildman–Crippen MR) is 135 cm³/mol. The Bertz CT molecular complexity index is 1260. The summed E-state index contributed by atoms with van der Waals surface area (Å²) in [6, 6.07) is 21.8. The molecule has 0 amide bonds. The average molecular weight is 507 g/mol. The van der Waals surface area contributed by atoms with Gasteiger partial charge in [-0.2, -0.15) is 0 Å². The summed E-state index contributed by atoms with van der Waals surface area (Å²) in [6.07, 6.45) is 2.03. The Kier molecular flexibility index (Phi) is 7.26. The molecule has 6 heteroatoms. The highest BCUT2D eigenvalue weighted by Crippen LogP contribution is 2.32. The SMILES string of the molecule is CCCC(Br)c1nc2ccc(CO)cc2n1Cc1ccc(-c2ccccc2CC(=O)O)cc1. The van der Waals surface area contributed by atoms with E-state index in [-0.39, 0.29) is 17.9 Å². The van der Waals surface area contributed by atoms with Crippen LogP contribution >= 0.6 is 15.9 Å². The molecule has 1 unspecified atom stereocenters. The lowest BCUT2D eigenvalue weighted by Gasteiger charge is -2.14. The Balaban J connectivity index is 1.69. The van der Waals surface area contributed by atoms with Gasteiger partial charge in [0.2, 0.25) is 0 Å². The summed E-state index contributed by atoms with van der Waals surface area (Å²) in [7, 11) is 0. The van der Waals surface area contributed by atoms with Crippen molar-refractivity contribution in [1.82, 2.24) is 9.55 Å². The first-order valence-electron chi connectivity index (χ1n) is 11.1. The molecule has 1 atom stereocenters. The van der Waals surface area contributed by atoms with Crippen LogP contribution in [-0.2, 0) is 24.4 Å². The van der Waals surface area contributed by atoms with Gasteiger partial charge in [-0.15, -0.1) is 0 Å². The standard InChI is InChI=1S/C27H27BrN2O3/c1-2-5-23(28)27-29-24-13-10-19(17-31)14-25(24)30(27)16-18-8-11-20(12-9-18)22-7-4-3-6-21(22)15-26(32)33/h3-4,6-14,23,31H,2,5,15-17H2,1H3,(H,32,33). The van der Waals surface area contributed by atoms with E-state index in [4.69, 9.17) is 4.98 Å². The van der Waals surface area contributed by atoms with E-state index in [0.29, 0.717) is 6.54 Å². The van der Waals surface area contributed by atoms with E-state index in [9.17, 15) is 15.0 Å². The number of carboxylic acids is 1. The zero-order valence-corrected chi connectivity index (χ0v) is 20.1. The number of halogens is 1. The quantitative estimate of drug-likeness (QED) is 0.268. The van der Waals surface area contributed by atoms with Crippen molar-refractivity contribution < 1.29 is 15.0 Å². The molecular weight excluding hydrogens is 480 g/mol. The van der Waals surface area contributed by atoms with Gasteiger partial charge in [-0.05, 0) is 46.4 Å². The van der Waals surface area contributed by atoms with Crippen molar-refractivity contribution in [2.24, 2.45) is 0 Å². The van der Waals surface area contributed by atoms with Gasteiger partial charge in [0.25, 0.3) is 0 Å². The fraction of sp³-hybridized carbons (Fsp3) is 0.259. The Hall–Kier alpha value is -2.96. The first-order valence-corrected chi connectivity index (χ1v) is 12.0. The van der Waals surface area contributed by atoms with Crippen molar-refractivity contribution >= 4 is 32.9 Å². The molecule has 0 bridgehead atoms. The monoisotopic (exact) mass is 506 g/mol. The average Bonchev–Trinajstić information content (AvgIpc) is 3.17. The summed E-state index contributed by atoms with van der Waals surface area (Å²) >= 11 is 3.81. The van der Waals surface area contributed by atoms with Crippen LogP contribution in [-0.4, -0.2) is 25.7 Å². The summed E-state index contributed by atoms with van der Waals surface area (Å²) in [4.78, 5) is 16.3. The summed E-state index contributed by atoms with van der Waals surface area (Å²) < 4.78 is 2.22. The van der Waals surface area contributed by atoms with Crippen LogP contribution in [0.3, 0.4) is 0 Å². The van der Waals surface area contributed by atoms with Crippen molar-refractivity contribution in [3.8, 4) is 11.1 Å². The van der Waals surface area contributed by atoms with E-state index >= 15 is 0 Å². The smallest absolute Gasteiger partial charge is 0.307 e. The number of aromatic nitrogens is 2. The number of aliphatic carboxylic acids is 1. The number of benzene rings is 3. The minimum Gasteiger partial charge on any atom is -0.481 e. The lowest BCUT2D eigenvalue weighted by molar-refractivity contribution is -0.136. The maximum absolute atomic E-state index is 11.2. The molecule has 2 N–H and O–H groups in total. The van der Waals surface area contributed by atoms with Gasteiger partial charge in [-0.3, -0.25) is 4.79 Å². The minimum atomic E-state index is -0.836. The molecule has 0 spiro atoms. The lowest BCUT2D eigenvalue weighted by Crippen LogP contribution is -2.07. The number of nitrogens with zero attached hydrogens (tertiary/aromatic N) is 2. The van der Waals surface area contributed by atoms with Gasteiger partial charge >= 0.3 is 5.97 Å². The second kappa shape index (κ2) is 10.3. The van der Waals surface area contributed by atoms with Gasteiger partial charge in [0, 0.05) is 6.54 Å². The van der Waals surface area contributed by atoms with E-state index in [1.165, 1.54) is 0 Å². The number of carboxylic acid groups (broad SMARTS) is 1. The number of imidazole rings is 1. The second-order valence-corrected chi connectivity index (χ2v) is 9.32. The number of hydrogen-bond acceptors (Lipinski definition) is 3. The largest absolute Gasteiger partial charge is 0.481 e. The van der Waals surface area contributed by atoms with Crippen LogP contribution in [0.4, 0.5) is 0 Å². The predicted octanol–water partition coefficient (Wildman–Crippen LogP) is 6.11. The van der Waals surface area contributed by atoms with Crippen LogP contribution in [0, 0.1) is 0 Å². The lowest BCUT2D eigenvalue weighted by atomic mass is 9.97. The molecule has 0 radical (unpaired) electrons. The maximum Gasteiger partial charge on any atom is 0.307 e. The van der Waals surface area contributed by atoms with Gasteiger partial charge < -0.3 is 14.8 Å². The third-order valence-corrected chi connectivity index (χ3v) is 6.68. The summed E-state index contributed by atoms with van der Waals surface area (Å²) in [5.74, 6) is 0.148. The third-order valence-electron chi connectivity index (χ3n) is 5.81. The molecule has 0 aliphatic rings. The van der Waals surface area contributed by atoms with Crippen LogP contribution in [0.5, 0.6) is 0 Å². The molecule has 0 aliphatic carbocycles. The maximum atomic E-state index is 11.2. The topological polar surface area (TPSA) is 75.4 Å². The van der Waals surface area contributed by atoms with Crippen LogP contribution in [0.2, 0.25) is 0 Å². The number of aliphatic hydroxyl groups is 1. The van der Waals surface area contributed by atoms with Gasteiger partial charge in [-0.1, -0.05) is 83.9 Å². The highest BCUT2D eigenvalue weighted by Gasteiger charge is 2.18. The zero-order valence-electron chi connectivity index (χ0n) is 18.5. The van der Waals surface area contributed by atoms with Crippen molar-refractivity contribution in [1.29, 1.82) is 0 Å². The highest BCUT2D eigenvalue weighted by atomic mass is 79.9. The number of fused-ring (bicyclic) bond motifs is 1. The molecular formula is C27H27BrN2O3. The Morgan fingerprint density at radius 1 is 1.06 bits per heavy atom. The van der Waals surface area contributed by atoms with Crippen molar-refractivity contribution in [2.75, 3.05) is 0 Å². The molecule has 0 saturated carbocycles. The van der Waals surface area contributed by atoms with E-state index in [0.717, 1.165) is 57.5 Å². The first-order chi connectivity index (χ1) is 16.0. The number of carbonyl (C=O) groups is 1. The van der Waals surface area contributed by atoms with E-state index in [1.807, 2.05) is 54.6 Å². The number of rotatable bonds is 9. The van der Waals surface area contributed by atoms with Crippen molar-refractivity contribution in [3.05, 3.63) is 89.2 Å². The second-order valence-electron chi connectivity index (χ2n) is 8.22. The number of hydrogen-bond donors (Lipinski definition) is 2. The fourth-order valence-corrected chi connectivity index (χ4v) is 4.97. The van der Waals surface area contributed by atoms with Crippen molar-refractivity contribution in [3.63, 3.8) is 0 Å². The van der Waals surface area contributed by atoms with Gasteiger partial charge in [0.15, 0.2) is 0 Å². The molecule has 0 fully saturated rings. The summed E-state index contributed by atoms with van der Waals surface area (Å²) in [6.45, 7) is 2.81. The fourth-order valence-electron chi connectivity index (χ4n) is 4.16. The van der Waals surface area contributed by atoms with Gasteiger partial charge in [0.05, 0.1) is 28.9 Å². The molecule has 1 heterocycles. The molecule has 33 heavy (non-hydrogen) atoms. The molecule has 0 aliphatic heterocycles. The first kappa shape index (κ1) is 23.2.